The van der Waals surface area contributed by atoms with E-state index in [2.05, 4.69) is 20.4 Å². The zero-order valence-corrected chi connectivity index (χ0v) is 17.4. The van der Waals surface area contributed by atoms with Crippen LogP contribution in [0.4, 0.5) is 11.5 Å². The van der Waals surface area contributed by atoms with Gasteiger partial charge in [0.25, 0.3) is 0 Å². The van der Waals surface area contributed by atoms with Crippen LogP contribution in [0.5, 0.6) is 5.75 Å². The molecule has 1 amide bonds. The van der Waals surface area contributed by atoms with E-state index in [0.29, 0.717) is 12.3 Å². The Morgan fingerprint density at radius 3 is 2.53 bits per heavy atom. The molecule has 0 spiro atoms. The third kappa shape index (κ3) is 4.79. The van der Waals surface area contributed by atoms with Gasteiger partial charge in [0, 0.05) is 13.1 Å². The van der Waals surface area contributed by atoms with Gasteiger partial charge in [-0.1, -0.05) is 17.3 Å². The molecular weight excluding hydrogens is 380 g/mol. The summed E-state index contributed by atoms with van der Waals surface area (Å²) in [5, 5.41) is 6.84. The maximum Gasteiger partial charge on any atom is 0.228 e. The molecule has 0 unspecified atom stereocenters. The predicted molar refractivity (Wildman–Crippen MR) is 115 cm³/mol. The first-order chi connectivity index (χ1) is 14.6. The molecule has 1 aliphatic heterocycles. The van der Waals surface area contributed by atoms with E-state index in [4.69, 9.17) is 9.26 Å². The monoisotopic (exact) mass is 406 g/mol. The first-order valence-electron chi connectivity index (χ1n) is 10.2. The van der Waals surface area contributed by atoms with Crippen LogP contribution in [0.15, 0.2) is 47.1 Å². The van der Waals surface area contributed by atoms with Gasteiger partial charge in [0.1, 0.15) is 23.9 Å². The van der Waals surface area contributed by atoms with Crippen LogP contribution >= 0.6 is 0 Å². The Bertz CT molecular complexity index is 971. The molecule has 7 heteroatoms. The van der Waals surface area contributed by atoms with Crippen molar-refractivity contribution in [1.82, 2.24) is 10.1 Å². The fraction of sp³-hybridized carbons (Fsp3) is 0.348. The van der Waals surface area contributed by atoms with Gasteiger partial charge in [-0.25, -0.2) is 4.98 Å². The first-order valence-corrected chi connectivity index (χ1v) is 10.2. The number of carbonyl (C=O) groups is 1. The third-order valence-corrected chi connectivity index (χ3v) is 5.31. The molecule has 1 saturated heterocycles. The number of amides is 1. The van der Waals surface area contributed by atoms with Crippen LogP contribution in [0, 0.1) is 13.8 Å². The first kappa shape index (κ1) is 19.9. The fourth-order valence-corrected chi connectivity index (χ4v) is 3.55. The number of aryl methyl sites for hydroxylation is 2. The van der Waals surface area contributed by atoms with Crippen LogP contribution < -0.4 is 15.0 Å². The molecule has 0 radical (unpaired) electrons. The number of pyridine rings is 1. The van der Waals surface area contributed by atoms with Gasteiger partial charge in [0.2, 0.25) is 5.91 Å². The van der Waals surface area contributed by atoms with E-state index in [9.17, 15) is 4.79 Å². The van der Waals surface area contributed by atoms with Gasteiger partial charge in [0.05, 0.1) is 29.6 Å². The van der Waals surface area contributed by atoms with Crippen molar-refractivity contribution in [3.8, 4) is 5.75 Å². The Morgan fingerprint density at radius 1 is 1.13 bits per heavy atom. The lowest BCUT2D eigenvalue weighted by molar-refractivity contribution is -0.115. The Hall–Kier alpha value is -3.35. The van der Waals surface area contributed by atoms with E-state index >= 15 is 0 Å². The second-order valence-electron chi connectivity index (χ2n) is 7.56. The molecule has 3 heterocycles. The minimum absolute atomic E-state index is 0.0740. The molecule has 3 aromatic rings. The number of carbonyl (C=O) groups excluding carboxylic acids is 1. The quantitative estimate of drug-likeness (QED) is 0.638. The Balaban J connectivity index is 1.28. The number of aromatic nitrogens is 2. The van der Waals surface area contributed by atoms with Crippen LogP contribution in [-0.4, -0.2) is 29.1 Å². The number of hydrogen-bond acceptors (Lipinski definition) is 6. The zero-order valence-electron chi connectivity index (χ0n) is 17.4. The molecule has 0 atom stereocenters. The van der Waals surface area contributed by atoms with Crippen molar-refractivity contribution in [2.24, 2.45) is 0 Å². The number of anilines is 2. The van der Waals surface area contributed by atoms with Crippen molar-refractivity contribution < 1.29 is 14.1 Å². The molecule has 1 N–H and O–H groups in total. The van der Waals surface area contributed by atoms with Crippen molar-refractivity contribution >= 4 is 17.4 Å². The van der Waals surface area contributed by atoms with Gasteiger partial charge < -0.3 is 19.5 Å². The number of benzene rings is 1. The summed E-state index contributed by atoms with van der Waals surface area (Å²) in [6.45, 7) is 6.27. The lowest BCUT2D eigenvalue weighted by Crippen LogP contribution is -2.19. The van der Waals surface area contributed by atoms with Crippen molar-refractivity contribution in [2.45, 2.75) is 39.7 Å². The van der Waals surface area contributed by atoms with E-state index < -0.39 is 0 Å². The minimum atomic E-state index is -0.0740. The average Bonchev–Trinajstić information content (AvgIpc) is 3.39. The van der Waals surface area contributed by atoms with E-state index in [1.807, 2.05) is 50.2 Å². The third-order valence-electron chi connectivity index (χ3n) is 5.31. The number of nitrogens with one attached hydrogen (secondary N) is 1. The summed E-state index contributed by atoms with van der Waals surface area (Å²) in [4.78, 5) is 19.1. The molecule has 1 aromatic carbocycles. The lowest BCUT2D eigenvalue weighted by atomic mass is 10.1. The molecule has 0 aliphatic carbocycles. The van der Waals surface area contributed by atoms with Crippen LogP contribution in [0.3, 0.4) is 0 Å². The molecule has 30 heavy (non-hydrogen) atoms. The Kier molecular flexibility index (Phi) is 5.97. The topological polar surface area (TPSA) is 80.5 Å². The Morgan fingerprint density at radius 2 is 1.90 bits per heavy atom. The van der Waals surface area contributed by atoms with Gasteiger partial charge in [-0.15, -0.1) is 0 Å². The van der Waals surface area contributed by atoms with Crippen LogP contribution in [0.1, 0.15) is 35.4 Å². The van der Waals surface area contributed by atoms with Gasteiger partial charge >= 0.3 is 0 Å². The van der Waals surface area contributed by atoms with E-state index in [1.54, 1.807) is 6.20 Å². The summed E-state index contributed by atoms with van der Waals surface area (Å²) in [6.07, 6.45) is 4.43. The molecule has 2 aromatic heterocycles. The highest BCUT2D eigenvalue weighted by atomic mass is 16.5. The number of nitrogens with zero attached hydrogens (tertiary/aromatic N) is 3. The molecule has 4 rings (SSSR count). The van der Waals surface area contributed by atoms with Crippen molar-refractivity contribution in [3.63, 3.8) is 0 Å². The number of hydrogen-bond donors (Lipinski definition) is 1. The maximum atomic E-state index is 12.4. The smallest absolute Gasteiger partial charge is 0.228 e. The molecule has 0 bridgehead atoms. The summed E-state index contributed by atoms with van der Waals surface area (Å²) in [6, 6.07) is 11.4. The Labute approximate surface area is 176 Å². The fourth-order valence-electron chi connectivity index (χ4n) is 3.55. The SMILES string of the molecule is Cc1noc(C)c1COc1ccc(CC(=O)Nc2ccc(N3CCCC3)nc2)cc1. The highest BCUT2D eigenvalue weighted by molar-refractivity contribution is 5.92. The number of ether oxygens (including phenoxy) is 1. The standard InChI is InChI=1S/C23H26N4O3/c1-16-21(17(2)30-26-16)15-29-20-8-5-18(6-9-20)13-23(28)25-19-7-10-22(24-14-19)27-11-3-4-12-27/h5-10,14H,3-4,11-13,15H2,1-2H3,(H,25,28). The molecule has 1 fully saturated rings. The lowest BCUT2D eigenvalue weighted by Gasteiger charge is -2.16. The summed E-state index contributed by atoms with van der Waals surface area (Å²) < 4.78 is 11.0. The highest BCUT2D eigenvalue weighted by Gasteiger charge is 2.13. The van der Waals surface area contributed by atoms with Crippen molar-refractivity contribution in [2.75, 3.05) is 23.3 Å². The van der Waals surface area contributed by atoms with Gasteiger partial charge in [-0.2, -0.15) is 0 Å². The second-order valence-corrected chi connectivity index (χ2v) is 7.56. The average molecular weight is 406 g/mol. The van der Waals surface area contributed by atoms with Crippen LogP contribution in [-0.2, 0) is 17.8 Å². The molecule has 1 aliphatic rings. The van der Waals surface area contributed by atoms with Crippen molar-refractivity contribution in [3.05, 3.63) is 65.2 Å². The summed E-state index contributed by atoms with van der Waals surface area (Å²) >= 11 is 0. The summed E-state index contributed by atoms with van der Waals surface area (Å²) in [5.41, 5.74) is 3.42. The molecular formula is C23H26N4O3. The zero-order chi connectivity index (χ0) is 20.9. The predicted octanol–water partition coefficient (Wildman–Crippen LogP) is 4.05. The second kappa shape index (κ2) is 8.98. The largest absolute Gasteiger partial charge is 0.489 e. The highest BCUT2D eigenvalue weighted by Crippen LogP contribution is 2.20. The summed E-state index contributed by atoms with van der Waals surface area (Å²) in [5.74, 6) is 2.40. The molecule has 0 saturated carbocycles. The maximum absolute atomic E-state index is 12.4. The van der Waals surface area contributed by atoms with Gasteiger partial charge in [-0.05, 0) is 56.5 Å². The number of rotatable bonds is 7. The normalized spacial score (nSPS) is 13.5. The van der Waals surface area contributed by atoms with E-state index in [0.717, 1.165) is 47.2 Å². The summed E-state index contributed by atoms with van der Waals surface area (Å²) in [7, 11) is 0. The van der Waals surface area contributed by atoms with E-state index in [1.165, 1.54) is 12.8 Å². The van der Waals surface area contributed by atoms with Crippen molar-refractivity contribution in [1.29, 1.82) is 0 Å². The molecule has 156 valence electrons. The van der Waals surface area contributed by atoms with Gasteiger partial charge in [0.15, 0.2) is 0 Å². The van der Waals surface area contributed by atoms with E-state index in [-0.39, 0.29) is 12.3 Å². The molecule has 7 nitrogen and oxygen atoms in total. The minimum Gasteiger partial charge on any atom is -0.489 e. The van der Waals surface area contributed by atoms with Gasteiger partial charge in [-0.3, -0.25) is 4.79 Å². The van der Waals surface area contributed by atoms with Crippen LogP contribution in [0.25, 0.3) is 0 Å². The van der Waals surface area contributed by atoms with Crippen LogP contribution in [0.2, 0.25) is 0 Å².